The number of ether oxygens (including phenoxy) is 1. The molecule has 0 spiro atoms. The van der Waals surface area contributed by atoms with Gasteiger partial charge in [-0.1, -0.05) is 29.1 Å². The fourth-order valence-corrected chi connectivity index (χ4v) is 2.06. The molecule has 2 aromatic carbocycles. The van der Waals surface area contributed by atoms with Gasteiger partial charge in [0.05, 0.1) is 12.1 Å². The number of aromatic nitrogens is 1. The average molecular weight is 298 g/mol. The van der Waals surface area contributed by atoms with E-state index in [0.29, 0.717) is 12.5 Å². The van der Waals surface area contributed by atoms with E-state index < -0.39 is 0 Å². The minimum atomic E-state index is 0.341. The van der Waals surface area contributed by atoms with Crippen molar-refractivity contribution in [1.82, 2.24) is 5.16 Å². The molecule has 0 aliphatic carbocycles. The highest BCUT2D eigenvalue weighted by molar-refractivity contribution is 6.19. The molecule has 0 saturated carbocycles. The third-order valence-electron chi connectivity index (χ3n) is 3.00. The van der Waals surface area contributed by atoms with Gasteiger partial charge in [0, 0.05) is 11.1 Å². The van der Waals surface area contributed by atoms with Crippen LogP contribution in [0.25, 0.3) is 10.8 Å². The van der Waals surface area contributed by atoms with Crippen LogP contribution in [0, 0.1) is 11.8 Å². The van der Waals surface area contributed by atoms with Gasteiger partial charge in [-0.05, 0) is 35.0 Å². The molecule has 4 heteroatoms. The fourth-order valence-electron chi connectivity index (χ4n) is 1.99. The van der Waals surface area contributed by atoms with Gasteiger partial charge in [-0.15, -0.1) is 11.6 Å². The Morgan fingerprint density at radius 1 is 1.14 bits per heavy atom. The van der Waals surface area contributed by atoms with Crippen molar-refractivity contribution in [2.24, 2.45) is 0 Å². The lowest BCUT2D eigenvalue weighted by atomic mass is 10.1. The molecule has 3 rings (SSSR count). The molecule has 0 bridgehead atoms. The molecular weight excluding hydrogens is 286 g/mol. The Kier molecular flexibility index (Phi) is 4.09. The second-order valence-electron chi connectivity index (χ2n) is 4.48. The lowest BCUT2D eigenvalue weighted by Crippen LogP contribution is -1.93. The van der Waals surface area contributed by atoms with Crippen molar-refractivity contribution in [1.29, 1.82) is 0 Å². The molecule has 3 nitrogen and oxygen atoms in total. The van der Waals surface area contributed by atoms with E-state index in [2.05, 4.69) is 17.0 Å². The molecule has 1 aromatic heterocycles. The van der Waals surface area contributed by atoms with Crippen LogP contribution in [0.1, 0.15) is 11.1 Å². The van der Waals surface area contributed by atoms with Crippen LogP contribution in [0.15, 0.2) is 53.4 Å². The maximum atomic E-state index is 5.71. The molecule has 0 N–H and O–H groups in total. The third-order valence-corrected chi connectivity index (χ3v) is 3.13. The van der Waals surface area contributed by atoms with Crippen LogP contribution in [0.2, 0.25) is 0 Å². The number of hydrogen-bond donors (Lipinski definition) is 0. The molecule has 0 unspecified atom stereocenters. The van der Waals surface area contributed by atoms with E-state index in [1.165, 1.54) is 0 Å². The Bertz CT molecular complexity index is 801. The minimum Gasteiger partial charge on any atom is -0.489 e. The summed E-state index contributed by atoms with van der Waals surface area (Å²) in [6.07, 6.45) is 3.21. The van der Waals surface area contributed by atoms with Crippen LogP contribution in [0.5, 0.6) is 5.75 Å². The summed E-state index contributed by atoms with van der Waals surface area (Å²) >= 11 is 5.57. The van der Waals surface area contributed by atoms with Crippen molar-refractivity contribution >= 4 is 22.4 Å². The van der Waals surface area contributed by atoms with Crippen LogP contribution in [-0.4, -0.2) is 11.0 Å². The molecule has 104 valence electrons. The zero-order valence-electron chi connectivity index (χ0n) is 11.2. The van der Waals surface area contributed by atoms with Crippen LogP contribution >= 0.6 is 11.6 Å². The number of alkyl halides is 1. The highest BCUT2D eigenvalue weighted by Gasteiger charge is 2.01. The van der Waals surface area contributed by atoms with Gasteiger partial charge in [0.15, 0.2) is 0 Å². The zero-order chi connectivity index (χ0) is 14.5. The number of fused-ring (bicyclic) bond motifs is 1. The summed E-state index contributed by atoms with van der Waals surface area (Å²) in [5, 5.41) is 5.87. The van der Waals surface area contributed by atoms with Crippen molar-refractivity contribution in [3.8, 4) is 17.6 Å². The van der Waals surface area contributed by atoms with Crippen molar-refractivity contribution in [3.63, 3.8) is 0 Å². The first-order valence-electron chi connectivity index (χ1n) is 6.45. The van der Waals surface area contributed by atoms with Gasteiger partial charge in [0.1, 0.15) is 18.6 Å². The highest BCUT2D eigenvalue weighted by Crippen LogP contribution is 2.22. The summed E-state index contributed by atoms with van der Waals surface area (Å²) < 4.78 is 10.5. The van der Waals surface area contributed by atoms with Crippen LogP contribution < -0.4 is 4.74 Å². The van der Waals surface area contributed by atoms with Crippen LogP contribution in [-0.2, 0) is 6.61 Å². The first-order valence-corrected chi connectivity index (χ1v) is 6.98. The van der Waals surface area contributed by atoms with E-state index in [4.69, 9.17) is 20.9 Å². The van der Waals surface area contributed by atoms with Crippen molar-refractivity contribution in [2.45, 2.75) is 6.61 Å². The summed E-state index contributed by atoms with van der Waals surface area (Å²) in [5.41, 5.74) is 1.86. The predicted octanol–water partition coefficient (Wildman–Crippen LogP) is 4.00. The molecule has 0 radical (unpaired) electrons. The molecular formula is C17H12ClNO2. The second kappa shape index (κ2) is 6.34. The highest BCUT2D eigenvalue weighted by atomic mass is 35.5. The topological polar surface area (TPSA) is 35.3 Å². The summed E-state index contributed by atoms with van der Waals surface area (Å²) in [6, 6.07) is 12.0. The molecule has 0 fully saturated rings. The van der Waals surface area contributed by atoms with Gasteiger partial charge in [-0.25, -0.2) is 0 Å². The SMILES string of the molecule is ClCC#Cc1ccc2cc(OCc3cnoc3)ccc2c1. The van der Waals surface area contributed by atoms with Crippen molar-refractivity contribution in [3.05, 3.63) is 60.0 Å². The van der Waals surface area contributed by atoms with Crippen molar-refractivity contribution in [2.75, 3.05) is 5.88 Å². The van der Waals surface area contributed by atoms with E-state index in [1.54, 1.807) is 12.5 Å². The lowest BCUT2D eigenvalue weighted by molar-refractivity contribution is 0.305. The second-order valence-corrected chi connectivity index (χ2v) is 4.75. The lowest BCUT2D eigenvalue weighted by Gasteiger charge is -2.06. The quantitative estimate of drug-likeness (QED) is 0.541. The van der Waals surface area contributed by atoms with Gasteiger partial charge in [-0.3, -0.25) is 0 Å². The summed E-state index contributed by atoms with van der Waals surface area (Å²) in [6.45, 7) is 0.439. The molecule has 0 aliphatic rings. The monoisotopic (exact) mass is 297 g/mol. The molecule has 0 saturated heterocycles. The Labute approximate surface area is 127 Å². The number of benzene rings is 2. The smallest absolute Gasteiger partial charge is 0.130 e. The first kappa shape index (κ1) is 13.5. The number of halogens is 1. The van der Waals surface area contributed by atoms with Crippen LogP contribution in [0.3, 0.4) is 0 Å². The van der Waals surface area contributed by atoms with Crippen molar-refractivity contribution < 1.29 is 9.26 Å². The predicted molar refractivity (Wildman–Crippen MR) is 82.4 cm³/mol. The summed E-state index contributed by atoms with van der Waals surface area (Å²) in [5.74, 6) is 7.02. The molecule has 0 aliphatic heterocycles. The first-order chi connectivity index (χ1) is 10.3. The molecule has 1 heterocycles. The molecule has 3 aromatic rings. The van der Waals surface area contributed by atoms with E-state index in [0.717, 1.165) is 27.6 Å². The van der Waals surface area contributed by atoms with E-state index in [-0.39, 0.29) is 0 Å². The maximum Gasteiger partial charge on any atom is 0.130 e. The molecule has 0 atom stereocenters. The van der Waals surface area contributed by atoms with Crippen LogP contribution in [0.4, 0.5) is 0 Å². The number of nitrogens with zero attached hydrogens (tertiary/aromatic N) is 1. The molecule has 0 amide bonds. The van der Waals surface area contributed by atoms with E-state index in [9.17, 15) is 0 Å². The number of hydrogen-bond acceptors (Lipinski definition) is 3. The normalized spacial score (nSPS) is 10.1. The summed E-state index contributed by atoms with van der Waals surface area (Å²) in [4.78, 5) is 0. The summed E-state index contributed by atoms with van der Waals surface area (Å²) in [7, 11) is 0. The standard InChI is InChI=1S/C17H12ClNO2/c18-7-1-2-13-3-4-16-9-17(6-5-15(16)8-13)20-11-14-10-19-21-12-14/h3-6,8-10,12H,7,11H2. The number of rotatable bonds is 3. The van der Waals surface area contributed by atoms with Gasteiger partial charge in [-0.2, -0.15) is 0 Å². The Balaban J connectivity index is 1.80. The molecule has 21 heavy (non-hydrogen) atoms. The Hall–Kier alpha value is -2.44. The Morgan fingerprint density at radius 3 is 2.81 bits per heavy atom. The Morgan fingerprint density at radius 2 is 2.00 bits per heavy atom. The average Bonchev–Trinajstić information content (AvgIpc) is 3.04. The minimum absolute atomic E-state index is 0.341. The maximum absolute atomic E-state index is 5.71. The van der Waals surface area contributed by atoms with Gasteiger partial charge in [0.2, 0.25) is 0 Å². The van der Waals surface area contributed by atoms with Gasteiger partial charge < -0.3 is 9.26 Å². The van der Waals surface area contributed by atoms with Gasteiger partial charge >= 0.3 is 0 Å². The van der Waals surface area contributed by atoms with E-state index in [1.807, 2.05) is 36.4 Å². The van der Waals surface area contributed by atoms with E-state index >= 15 is 0 Å². The largest absolute Gasteiger partial charge is 0.489 e. The zero-order valence-corrected chi connectivity index (χ0v) is 11.9. The third kappa shape index (κ3) is 3.36. The fraction of sp³-hybridized carbons (Fsp3) is 0.118. The van der Waals surface area contributed by atoms with Gasteiger partial charge in [0.25, 0.3) is 0 Å².